The van der Waals surface area contributed by atoms with E-state index in [9.17, 15) is 0 Å². The zero-order chi connectivity index (χ0) is 18.8. The highest BCUT2D eigenvalue weighted by atomic mass is 16.5. The van der Waals surface area contributed by atoms with Crippen LogP contribution in [0.3, 0.4) is 0 Å². The van der Waals surface area contributed by atoms with E-state index in [0.717, 1.165) is 61.6 Å². The molecule has 2 aliphatic heterocycles. The monoisotopic (exact) mass is 378 g/mol. The van der Waals surface area contributed by atoms with Crippen LogP contribution in [-0.4, -0.2) is 65.4 Å². The molecule has 1 unspecified atom stereocenters. The van der Waals surface area contributed by atoms with Crippen molar-refractivity contribution in [2.75, 3.05) is 49.2 Å². The molecule has 3 aromatic rings. The van der Waals surface area contributed by atoms with E-state index in [4.69, 9.17) is 9.47 Å². The zero-order valence-electron chi connectivity index (χ0n) is 15.6. The van der Waals surface area contributed by atoms with Crippen molar-refractivity contribution in [2.45, 2.75) is 12.5 Å². The fourth-order valence-corrected chi connectivity index (χ4v) is 3.72. The summed E-state index contributed by atoms with van der Waals surface area (Å²) < 4.78 is 11.5. The first-order chi connectivity index (χ1) is 13.9. The second kappa shape index (κ2) is 7.55. The van der Waals surface area contributed by atoms with Crippen LogP contribution >= 0.6 is 0 Å². The molecule has 0 N–H and O–H groups in total. The Hall–Kier alpha value is -3.00. The molecule has 4 heterocycles. The van der Waals surface area contributed by atoms with Crippen molar-refractivity contribution in [1.29, 1.82) is 0 Å². The Morgan fingerprint density at radius 1 is 1.00 bits per heavy atom. The Kier molecular flexibility index (Phi) is 4.62. The van der Waals surface area contributed by atoms with Gasteiger partial charge in [0, 0.05) is 50.7 Å². The second-order valence-corrected chi connectivity index (χ2v) is 7.02. The van der Waals surface area contributed by atoms with Crippen molar-refractivity contribution in [1.82, 2.24) is 19.9 Å². The van der Waals surface area contributed by atoms with E-state index in [1.54, 1.807) is 18.7 Å². The van der Waals surface area contributed by atoms with Crippen LogP contribution in [0, 0.1) is 0 Å². The predicted octanol–water partition coefficient (Wildman–Crippen LogP) is 1.91. The number of fused-ring (bicyclic) bond motifs is 1. The average Bonchev–Trinajstić information content (AvgIpc) is 3.28. The summed E-state index contributed by atoms with van der Waals surface area (Å²) in [6.45, 7) is 5.02. The van der Waals surface area contributed by atoms with Crippen LogP contribution in [0.15, 0.2) is 43.1 Å². The number of piperazine rings is 1. The van der Waals surface area contributed by atoms with Gasteiger partial charge >= 0.3 is 0 Å². The van der Waals surface area contributed by atoms with Gasteiger partial charge in [0.1, 0.15) is 18.2 Å². The number of benzene rings is 1. The molecule has 2 fully saturated rings. The SMILES string of the molecule is c1cnc(N2CCN(c3ccc4ncnc(OC5CCOC5)c4c3)CC2)cn1. The highest BCUT2D eigenvalue weighted by Crippen LogP contribution is 2.29. The summed E-state index contributed by atoms with van der Waals surface area (Å²) >= 11 is 0. The molecule has 0 amide bonds. The second-order valence-electron chi connectivity index (χ2n) is 7.02. The van der Waals surface area contributed by atoms with E-state index in [-0.39, 0.29) is 6.10 Å². The minimum absolute atomic E-state index is 0.0669. The van der Waals surface area contributed by atoms with Crippen molar-refractivity contribution in [2.24, 2.45) is 0 Å². The summed E-state index contributed by atoms with van der Waals surface area (Å²) in [6.07, 6.45) is 7.79. The maximum atomic E-state index is 6.09. The van der Waals surface area contributed by atoms with Gasteiger partial charge in [0.2, 0.25) is 5.88 Å². The van der Waals surface area contributed by atoms with Crippen LogP contribution in [0.4, 0.5) is 11.5 Å². The number of rotatable bonds is 4. The number of aromatic nitrogens is 4. The Morgan fingerprint density at radius 3 is 2.68 bits per heavy atom. The van der Waals surface area contributed by atoms with E-state index >= 15 is 0 Å². The lowest BCUT2D eigenvalue weighted by Gasteiger charge is -2.36. The van der Waals surface area contributed by atoms with Gasteiger partial charge in [0.15, 0.2) is 0 Å². The van der Waals surface area contributed by atoms with E-state index in [1.165, 1.54) is 0 Å². The van der Waals surface area contributed by atoms with Gasteiger partial charge in [-0.2, -0.15) is 0 Å². The quantitative estimate of drug-likeness (QED) is 0.682. The molecule has 0 aliphatic carbocycles. The third-order valence-corrected chi connectivity index (χ3v) is 5.27. The first-order valence-corrected chi connectivity index (χ1v) is 9.62. The molecule has 28 heavy (non-hydrogen) atoms. The molecule has 2 saturated heterocycles. The van der Waals surface area contributed by atoms with Gasteiger partial charge < -0.3 is 19.3 Å². The third kappa shape index (κ3) is 3.43. The van der Waals surface area contributed by atoms with Crippen LogP contribution in [0.25, 0.3) is 10.9 Å². The van der Waals surface area contributed by atoms with Crippen molar-refractivity contribution in [3.63, 3.8) is 0 Å². The summed E-state index contributed by atoms with van der Waals surface area (Å²) in [5.41, 5.74) is 2.06. The van der Waals surface area contributed by atoms with Gasteiger partial charge in [-0.05, 0) is 18.2 Å². The van der Waals surface area contributed by atoms with E-state index in [0.29, 0.717) is 12.5 Å². The highest BCUT2D eigenvalue weighted by molar-refractivity contribution is 5.86. The molecule has 2 aromatic heterocycles. The third-order valence-electron chi connectivity index (χ3n) is 5.27. The minimum Gasteiger partial charge on any atom is -0.471 e. The molecular weight excluding hydrogens is 356 g/mol. The maximum absolute atomic E-state index is 6.09. The van der Waals surface area contributed by atoms with Crippen molar-refractivity contribution >= 4 is 22.4 Å². The van der Waals surface area contributed by atoms with Crippen LogP contribution in [-0.2, 0) is 4.74 Å². The molecule has 8 nitrogen and oxygen atoms in total. The van der Waals surface area contributed by atoms with Crippen molar-refractivity contribution < 1.29 is 9.47 Å². The molecule has 5 rings (SSSR count). The van der Waals surface area contributed by atoms with Crippen LogP contribution in [0.1, 0.15) is 6.42 Å². The Labute approximate surface area is 163 Å². The number of anilines is 2. The summed E-state index contributed by atoms with van der Waals surface area (Å²) in [4.78, 5) is 22.0. The van der Waals surface area contributed by atoms with Gasteiger partial charge in [-0.15, -0.1) is 0 Å². The molecule has 8 heteroatoms. The molecule has 0 bridgehead atoms. The lowest BCUT2D eigenvalue weighted by Crippen LogP contribution is -2.46. The predicted molar refractivity (Wildman–Crippen MR) is 106 cm³/mol. The van der Waals surface area contributed by atoms with Gasteiger partial charge in [0.05, 0.1) is 30.3 Å². The number of hydrogen-bond acceptors (Lipinski definition) is 8. The molecular formula is C20H22N6O2. The van der Waals surface area contributed by atoms with E-state index in [1.807, 2.05) is 12.3 Å². The van der Waals surface area contributed by atoms with Gasteiger partial charge in [-0.25, -0.2) is 15.0 Å². The number of nitrogens with zero attached hydrogens (tertiary/aromatic N) is 6. The van der Waals surface area contributed by atoms with Gasteiger partial charge in [-0.1, -0.05) is 0 Å². The molecule has 1 atom stereocenters. The summed E-state index contributed by atoms with van der Waals surface area (Å²) in [7, 11) is 0. The molecule has 0 radical (unpaired) electrons. The largest absolute Gasteiger partial charge is 0.471 e. The first-order valence-electron chi connectivity index (χ1n) is 9.62. The minimum atomic E-state index is 0.0669. The topological polar surface area (TPSA) is 76.5 Å². The molecule has 0 spiro atoms. The normalized spacial score (nSPS) is 19.9. The lowest BCUT2D eigenvalue weighted by molar-refractivity contribution is 0.139. The van der Waals surface area contributed by atoms with Crippen LogP contribution in [0.5, 0.6) is 5.88 Å². The standard InChI is InChI=1S/C20H22N6O2/c1-2-18-17(20(24-14-23-18)28-16-3-10-27-13-16)11-15(1)25-6-8-26(9-7-25)19-12-21-4-5-22-19/h1-2,4-5,11-12,14,16H,3,6-10,13H2. The van der Waals surface area contributed by atoms with E-state index in [2.05, 4.69) is 41.9 Å². The van der Waals surface area contributed by atoms with Gasteiger partial charge in [0.25, 0.3) is 0 Å². The molecule has 2 aliphatic rings. The fourth-order valence-electron chi connectivity index (χ4n) is 3.72. The summed E-state index contributed by atoms with van der Waals surface area (Å²) in [6, 6.07) is 6.30. The summed E-state index contributed by atoms with van der Waals surface area (Å²) in [5.74, 6) is 1.57. The molecule has 144 valence electrons. The average molecular weight is 378 g/mol. The smallest absolute Gasteiger partial charge is 0.224 e. The molecule has 0 saturated carbocycles. The van der Waals surface area contributed by atoms with Gasteiger partial charge in [-0.3, -0.25) is 4.98 Å². The maximum Gasteiger partial charge on any atom is 0.224 e. The highest BCUT2D eigenvalue weighted by Gasteiger charge is 2.21. The van der Waals surface area contributed by atoms with Crippen LogP contribution in [0.2, 0.25) is 0 Å². The number of ether oxygens (including phenoxy) is 2. The summed E-state index contributed by atoms with van der Waals surface area (Å²) in [5, 5.41) is 0.947. The Bertz CT molecular complexity index is 940. The molecule has 1 aromatic carbocycles. The Balaban J connectivity index is 1.35. The first kappa shape index (κ1) is 17.1. The van der Waals surface area contributed by atoms with Crippen molar-refractivity contribution in [3.05, 3.63) is 43.1 Å². The van der Waals surface area contributed by atoms with Crippen LogP contribution < -0.4 is 14.5 Å². The Morgan fingerprint density at radius 2 is 1.89 bits per heavy atom. The fraction of sp³-hybridized carbons (Fsp3) is 0.400. The zero-order valence-corrected chi connectivity index (χ0v) is 15.6. The van der Waals surface area contributed by atoms with Crippen molar-refractivity contribution in [3.8, 4) is 5.88 Å². The number of hydrogen-bond donors (Lipinski definition) is 0. The van der Waals surface area contributed by atoms with E-state index < -0.39 is 0 Å². The lowest BCUT2D eigenvalue weighted by atomic mass is 10.2.